The maximum Gasteiger partial charge on any atom is 0.276 e. The van der Waals surface area contributed by atoms with Gasteiger partial charge in [0.05, 0.1) is 6.04 Å². The minimum atomic E-state index is -0.266. The highest BCUT2D eigenvalue weighted by atomic mass is 32.2. The molecule has 0 fully saturated rings. The molecule has 5 heteroatoms. The molecule has 4 nitrogen and oxygen atoms in total. The molecular weight excluding hydrogens is 246 g/mol. The fourth-order valence-electron chi connectivity index (χ4n) is 1.51. The third-order valence-electron chi connectivity index (χ3n) is 2.36. The molecule has 2 rings (SSSR count). The van der Waals surface area contributed by atoms with E-state index >= 15 is 0 Å². The number of nitrogens with two attached hydrogens (primary N) is 1. The van der Waals surface area contributed by atoms with E-state index in [0.717, 1.165) is 11.3 Å². The largest absolute Gasteiger partial charge is 0.414 e. The lowest BCUT2D eigenvalue weighted by atomic mass is 10.1. The molecule has 0 aliphatic heterocycles. The summed E-state index contributed by atoms with van der Waals surface area (Å²) in [6, 6.07) is 9.75. The van der Waals surface area contributed by atoms with Gasteiger partial charge in [0.15, 0.2) is 0 Å². The van der Waals surface area contributed by atoms with Crippen LogP contribution in [0.2, 0.25) is 0 Å². The first-order valence-corrected chi connectivity index (χ1v) is 6.64. The average molecular weight is 261 g/mol. The Morgan fingerprint density at radius 1 is 1.33 bits per heavy atom. The standard InChI is InChI=1S/C13H15N3OS/c1-2-8-18-13-16-15-12(17-13)11(14)9-10-6-4-3-5-7-10/h2-7,11H,1,8-9,14H2/t11-/m0/s1. The van der Waals surface area contributed by atoms with E-state index in [1.807, 2.05) is 30.3 Å². The Balaban J connectivity index is 1.98. The zero-order valence-corrected chi connectivity index (χ0v) is 10.8. The third-order valence-corrected chi connectivity index (χ3v) is 3.18. The van der Waals surface area contributed by atoms with Crippen molar-refractivity contribution in [3.05, 3.63) is 54.4 Å². The molecule has 0 unspecified atom stereocenters. The zero-order chi connectivity index (χ0) is 12.8. The molecule has 0 aliphatic carbocycles. The van der Waals surface area contributed by atoms with E-state index in [9.17, 15) is 0 Å². The van der Waals surface area contributed by atoms with Crippen molar-refractivity contribution in [1.29, 1.82) is 0 Å². The molecule has 2 N–H and O–H groups in total. The van der Waals surface area contributed by atoms with Crippen molar-refractivity contribution >= 4 is 11.8 Å². The van der Waals surface area contributed by atoms with Gasteiger partial charge in [-0.15, -0.1) is 16.8 Å². The van der Waals surface area contributed by atoms with Gasteiger partial charge in [-0.1, -0.05) is 48.2 Å². The Labute approximate surface area is 110 Å². The van der Waals surface area contributed by atoms with Crippen LogP contribution in [0, 0.1) is 0 Å². The average Bonchev–Trinajstić information content (AvgIpc) is 2.86. The van der Waals surface area contributed by atoms with E-state index in [1.54, 1.807) is 6.08 Å². The van der Waals surface area contributed by atoms with Crippen LogP contribution in [0.1, 0.15) is 17.5 Å². The molecule has 1 aromatic heterocycles. The smallest absolute Gasteiger partial charge is 0.276 e. The molecule has 0 bridgehead atoms. The fourth-order valence-corrected chi connectivity index (χ4v) is 2.02. The Morgan fingerprint density at radius 2 is 2.11 bits per heavy atom. The Bertz CT molecular complexity index is 498. The minimum absolute atomic E-state index is 0.266. The van der Waals surface area contributed by atoms with Crippen molar-refractivity contribution in [1.82, 2.24) is 10.2 Å². The minimum Gasteiger partial charge on any atom is -0.414 e. The number of aromatic nitrogens is 2. The van der Waals surface area contributed by atoms with Gasteiger partial charge < -0.3 is 10.2 Å². The summed E-state index contributed by atoms with van der Waals surface area (Å²) in [5, 5.41) is 8.44. The molecule has 0 aliphatic rings. The van der Waals surface area contributed by atoms with Crippen LogP contribution in [0.3, 0.4) is 0 Å². The Morgan fingerprint density at radius 3 is 2.83 bits per heavy atom. The van der Waals surface area contributed by atoms with E-state index in [4.69, 9.17) is 10.2 Å². The van der Waals surface area contributed by atoms with Gasteiger partial charge in [0.25, 0.3) is 5.22 Å². The molecule has 0 amide bonds. The highest BCUT2D eigenvalue weighted by Gasteiger charge is 2.14. The van der Waals surface area contributed by atoms with Gasteiger partial charge in [-0.25, -0.2) is 0 Å². The van der Waals surface area contributed by atoms with E-state index in [0.29, 0.717) is 17.5 Å². The van der Waals surface area contributed by atoms with Crippen molar-refractivity contribution in [3.63, 3.8) is 0 Å². The van der Waals surface area contributed by atoms with Crippen LogP contribution in [0.4, 0.5) is 0 Å². The third kappa shape index (κ3) is 3.45. The second-order valence-electron chi connectivity index (χ2n) is 3.80. The van der Waals surface area contributed by atoms with Crippen molar-refractivity contribution < 1.29 is 4.42 Å². The number of hydrogen-bond acceptors (Lipinski definition) is 5. The topological polar surface area (TPSA) is 64.9 Å². The van der Waals surface area contributed by atoms with Crippen molar-refractivity contribution in [3.8, 4) is 0 Å². The zero-order valence-electron chi connectivity index (χ0n) is 9.95. The van der Waals surface area contributed by atoms with Gasteiger partial charge in [-0.05, 0) is 12.0 Å². The fraction of sp³-hybridized carbons (Fsp3) is 0.231. The summed E-state index contributed by atoms with van der Waals surface area (Å²) in [6.45, 7) is 3.64. The van der Waals surface area contributed by atoms with E-state index < -0.39 is 0 Å². The monoisotopic (exact) mass is 261 g/mol. The van der Waals surface area contributed by atoms with Crippen LogP contribution in [0.15, 0.2) is 52.6 Å². The molecule has 94 valence electrons. The highest BCUT2D eigenvalue weighted by Crippen LogP contribution is 2.20. The second-order valence-corrected chi connectivity index (χ2v) is 4.77. The van der Waals surface area contributed by atoms with Crippen LogP contribution in [0.5, 0.6) is 0 Å². The predicted molar refractivity (Wildman–Crippen MR) is 72.3 cm³/mol. The van der Waals surface area contributed by atoms with E-state index in [-0.39, 0.29) is 6.04 Å². The van der Waals surface area contributed by atoms with Crippen molar-refractivity contribution in [2.45, 2.75) is 17.7 Å². The van der Waals surface area contributed by atoms with Crippen LogP contribution < -0.4 is 5.73 Å². The molecule has 1 aromatic carbocycles. The van der Waals surface area contributed by atoms with Gasteiger partial charge >= 0.3 is 0 Å². The van der Waals surface area contributed by atoms with Gasteiger partial charge in [-0.3, -0.25) is 0 Å². The molecule has 0 saturated carbocycles. The predicted octanol–water partition coefficient (Wildman–Crippen LogP) is 2.59. The lowest BCUT2D eigenvalue weighted by molar-refractivity contribution is 0.385. The number of rotatable bonds is 6. The maximum atomic E-state index is 6.04. The van der Waals surface area contributed by atoms with Gasteiger partial charge in [0.1, 0.15) is 0 Å². The van der Waals surface area contributed by atoms with E-state index in [1.165, 1.54) is 11.8 Å². The first-order chi connectivity index (χ1) is 8.79. The van der Waals surface area contributed by atoms with Crippen LogP contribution in [0.25, 0.3) is 0 Å². The summed E-state index contributed by atoms with van der Waals surface area (Å²) < 4.78 is 5.49. The number of benzene rings is 1. The van der Waals surface area contributed by atoms with Crippen molar-refractivity contribution in [2.24, 2.45) is 5.73 Å². The summed E-state index contributed by atoms with van der Waals surface area (Å²) in [5.41, 5.74) is 7.20. The molecule has 2 aromatic rings. The first-order valence-electron chi connectivity index (χ1n) is 5.66. The molecule has 1 atom stereocenters. The summed E-state index contributed by atoms with van der Waals surface area (Å²) in [5.74, 6) is 1.22. The van der Waals surface area contributed by atoms with E-state index in [2.05, 4.69) is 16.8 Å². The van der Waals surface area contributed by atoms with Crippen LogP contribution >= 0.6 is 11.8 Å². The summed E-state index contributed by atoms with van der Waals surface area (Å²) in [7, 11) is 0. The first kappa shape index (κ1) is 12.9. The van der Waals surface area contributed by atoms with Gasteiger partial charge in [0.2, 0.25) is 5.89 Å². The molecule has 1 heterocycles. The summed E-state index contributed by atoms with van der Waals surface area (Å²) >= 11 is 1.45. The normalized spacial score (nSPS) is 12.3. The number of nitrogens with zero attached hydrogens (tertiary/aromatic N) is 2. The molecule has 18 heavy (non-hydrogen) atoms. The number of thioether (sulfide) groups is 1. The van der Waals surface area contributed by atoms with Crippen LogP contribution in [-0.2, 0) is 6.42 Å². The SMILES string of the molecule is C=CCSc1nnc([C@@H](N)Cc2ccccc2)o1. The summed E-state index contributed by atoms with van der Waals surface area (Å²) in [6.07, 6.45) is 2.48. The molecule has 0 saturated heterocycles. The van der Waals surface area contributed by atoms with Crippen molar-refractivity contribution in [2.75, 3.05) is 5.75 Å². The Kier molecular flexibility index (Phi) is 4.55. The molecule has 0 spiro atoms. The molecule has 0 radical (unpaired) electrons. The Hall–Kier alpha value is -1.59. The van der Waals surface area contributed by atoms with Gasteiger partial charge in [0, 0.05) is 5.75 Å². The molecular formula is C13H15N3OS. The quantitative estimate of drug-likeness (QED) is 0.639. The summed E-state index contributed by atoms with van der Waals surface area (Å²) in [4.78, 5) is 0. The van der Waals surface area contributed by atoms with Gasteiger partial charge in [-0.2, -0.15) is 0 Å². The van der Waals surface area contributed by atoms with Crippen LogP contribution in [-0.4, -0.2) is 16.0 Å². The second kappa shape index (κ2) is 6.37. The maximum absolute atomic E-state index is 6.04. The highest BCUT2D eigenvalue weighted by molar-refractivity contribution is 7.99. The number of hydrogen-bond donors (Lipinski definition) is 1. The lowest BCUT2D eigenvalue weighted by Crippen LogP contribution is -2.13. The lowest BCUT2D eigenvalue weighted by Gasteiger charge is -2.06.